The first kappa shape index (κ1) is 20.4. The highest BCUT2D eigenvalue weighted by atomic mass is 16.6. The average molecular weight is 408 g/mol. The van der Waals surface area contributed by atoms with Crippen LogP contribution >= 0.6 is 0 Å². The van der Waals surface area contributed by atoms with Crippen molar-refractivity contribution in [3.05, 3.63) is 65.7 Å². The summed E-state index contributed by atoms with van der Waals surface area (Å²) in [5.41, 5.74) is 2.15. The number of carbonyl (C=O) groups excluding carboxylic acids is 2. The fraction of sp³-hybridized carbons (Fsp3) is 0.417. The Bertz CT molecular complexity index is 901. The van der Waals surface area contributed by atoms with Crippen LogP contribution in [0, 0.1) is 0 Å². The maximum atomic E-state index is 12.9. The zero-order chi connectivity index (χ0) is 21.1. The summed E-state index contributed by atoms with van der Waals surface area (Å²) in [6.45, 7) is 5.49. The zero-order valence-corrected chi connectivity index (χ0v) is 17.5. The number of hydrogen-bond donors (Lipinski definition) is 0. The summed E-state index contributed by atoms with van der Waals surface area (Å²) in [4.78, 5) is 29.5. The SMILES string of the molecule is CCOC(=O)C1CC(N2Cc3ccccc3OC2=O)CCN1C(C)c1ccccc1. The molecule has 3 unspecified atom stereocenters. The minimum atomic E-state index is -0.399. The number of piperidine rings is 1. The van der Waals surface area contributed by atoms with Crippen LogP contribution < -0.4 is 4.74 Å². The van der Waals surface area contributed by atoms with Crippen molar-refractivity contribution >= 4 is 12.1 Å². The Hall–Kier alpha value is -2.86. The monoisotopic (exact) mass is 408 g/mol. The molecule has 2 aromatic rings. The van der Waals surface area contributed by atoms with Crippen molar-refractivity contribution in [3.63, 3.8) is 0 Å². The van der Waals surface area contributed by atoms with Gasteiger partial charge in [0.2, 0.25) is 0 Å². The van der Waals surface area contributed by atoms with Crippen LogP contribution in [-0.4, -0.2) is 47.1 Å². The standard InChI is InChI=1S/C24H28N2O4/c1-3-29-23(27)21-15-20(13-14-25(21)17(2)18-9-5-4-6-10-18)26-16-19-11-7-8-12-22(19)30-24(26)28/h4-12,17,20-21H,3,13-16H2,1-2H3. The molecule has 0 saturated carbocycles. The second-order valence-corrected chi connectivity index (χ2v) is 7.87. The van der Waals surface area contributed by atoms with Crippen molar-refractivity contribution < 1.29 is 19.1 Å². The summed E-state index contributed by atoms with van der Waals surface area (Å²) >= 11 is 0. The third kappa shape index (κ3) is 4.05. The largest absolute Gasteiger partial charge is 0.465 e. The van der Waals surface area contributed by atoms with E-state index in [4.69, 9.17) is 9.47 Å². The smallest absolute Gasteiger partial charge is 0.415 e. The number of amides is 1. The van der Waals surface area contributed by atoms with E-state index in [1.54, 1.807) is 4.90 Å². The fourth-order valence-corrected chi connectivity index (χ4v) is 4.52. The molecule has 158 valence electrons. The van der Waals surface area contributed by atoms with Gasteiger partial charge in [-0.05, 0) is 38.3 Å². The van der Waals surface area contributed by atoms with Gasteiger partial charge in [-0.25, -0.2) is 4.79 Å². The molecule has 2 aliphatic heterocycles. The number of nitrogens with zero attached hydrogens (tertiary/aromatic N) is 2. The van der Waals surface area contributed by atoms with E-state index in [0.717, 1.165) is 17.5 Å². The molecular formula is C24H28N2O4. The fourth-order valence-electron chi connectivity index (χ4n) is 4.52. The molecule has 0 spiro atoms. The Kier molecular flexibility index (Phi) is 6.04. The average Bonchev–Trinajstić information content (AvgIpc) is 2.78. The lowest BCUT2D eigenvalue weighted by Gasteiger charge is -2.45. The molecule has 0 radical (unpaired) electrons. The van der Waals surface area contributed by atoms with Gasteiger partial charge in [0.15, 0.2) is 0 Å². The lowest BCUT2D eigenvalue weighted by Crippen LogP contribution is -2.55. The summed E-state index contributed by atoms with van der Waals surface area (Å²) in [5, 5.41) is 0. The number of carbonyl (C=O) groups is 2. The predicted octanol–water partition coefficient (Wildman–Crippen LogP) is 4.16. The molecule has 30 heavy (non-hydrogen) atoms. The van der Waals surface area contributed by atoms with E-state index in [1.165, 1.54) is 0 Å². The van der Waals surface area contributed by atoms with Crippen molar-refractivity contribution in [1.82, 2.24) is 9.80 Å². The van der Waals surface area contributed by atoms with Crippen molar-refractivity contribution in [3.8, 4) is 5.75 Å². The molecule has 0 aliphatic carbocycles. The number of fused-ring (bicyclic) bond motifs is 1. The van der Waals surface area contributed by atoms with E-state index in [0.29, 0.717) is 31.9 Å². The highest BCUT2D eigenvalue weighted by Crippen LogP contribution is 2.34. The van der Waals surface area contributed by atoms with Crippen LogP contribution in [0.15, 0.2) is 54.6 Å². The van der Waals surface area contributed by atoms with Crippen molar-refractivity contribution in [2.24, 2.45) is 0 Å². The van der Waals surface area contributed by atoms with Gasteiger partial charge in [-0.2, -0.15) is 0 Å². The minimum absolute atomic E-state index is 0.0699. The highest BCUT2D eigenvalue weighted by Gasteiger charge is 2.41. The van der Waals surface area contributed by atoms with Gasteiger partial charge in [0.25, 0.3) is 0 Å². The quantitative estimate of drug-likeness (QED) is 0.696. The summed E-state index contributed by atoms with van der Waals surface area (Å²) in [6.07, 6.45) is 0.975. The lowest BCUT2D eigenvalue weighted by atomic mass is 9.92. The number of benzene rings is 2. The topological polar surface area (TPSA) is 59.1 Å². The molecule has 0 aromatic heterocycles. The number of ether oxygens (including phenoxy) is 2. The Morgan fingerprint density at radius 1 is 1.17 bits per heavy atom. The zero-order valence-electron chi connectivity index (χ0n) is 17.5. The van der Waals surface area contributed by atoms with Crippen LogP contribution in [0.2, 0.25) is 0 Å². The normalized spacial score (nSPS) is 22.7. The molecule has 0 N–H and O–H groups in total. The molecule has 6 heteroatoms. The summed E-state index contributed by atoms with van der Waals surface area (Å²) in [5.74, 6) is 0.395. The van der Waals surface area contributed by atoms with Gasteiger partial charge in [-0.15, -0.1) is 0 Å². The lowest BCUT2D eigenvalue weighted by molar-refractivity contribution is -0.153. The van der Waals surface area contributed by atoms with Crippen molar-refractivity contribution in [1.29, 1.82) is 0 Å². The Morgan fingerprint density at radius 3 is 2.67 bits per heavy atom. The number of rotatable bonds is 5. The molecule has 4 rings (SSSR count). The van der Waals surface area contributed by atoms with Crippen molar-refractivity contribution in [2.45, 2.75) is 51.4 Å². The van der Waals surface area contributed by atoms with Crippen LogP contribution in [0.25, 0.3) is 0 Å². The minimum Gasteiger partial charge on any atom is -0.465 e. The molecule has 2 aromatic carbocycles. The van der Waals surface area contributed by atoms with E-state index >= 15 is 0 Å². The van der Waals surface area contributed by atoms with E-state index in [-0.39, 0.29) is 24.1 Å². The van der Waals surface area contributed by atoms with E-state index in [9.17, 15) is 9.59 Å². The first-order chi connectivity index (χ1) is 14.6. The summed E-state index contributed by atoms with van der Waals surface area (Å²) in [7, 11) is 0. The van der Waals surface area contributed by atoms with Crippen LogP contribution in [0.5, 0.6) is 5.75 Å². The van der Waals surface area contributed by atoms with Crippen LogP contribution in [0.4, 0.5) is 4.79 Å². The van der Waals surface area contributed by atoms with E-state index < -0.39 is 6.04 Å². The van der Waals surface area contributed by atoms with Crippen molar-refractivity contribution in [2.75, 3.05) is 13.2 Å². The molecule has 2 heterocycles. The summed E-state index contributed by atoms with van der Waals surface area (Å²) < 4.78 is 10.9. The van der Waals surface area contributed by atoms with Gasteiger partial charge in [-0.3, -0.25) is 9.69 Å². The first-order valence-electron chi connectivity index (χ1n) is 10.6. The van der Waals surface area contributed by atoms with Gasteiger partial charge in [0.1, 0.15) is 11.8 Å². The van der Waals surface area contributed by atoms with E-state index in [2.05, 4.69) is 24.0 Å². The van der Waals surface area contributed by atoms with Gasteiger partial charge in [0.05, 0.1) is 13.2 Å². The third-order valence-electron chi connectivity index (χ3n) is 6.14. The van der Waals surface area contributed by atoms with Gasteiger partial charge < -0.3 is 14.4 Å². The van der Waals surface area contributed by atoms with Gasteiger partial charge >= 0.3 is 12.1 Å². The number of para-hydroxylation sites is 1. The van der Waals surface area contributed by atoms with Crippen LogP contribution in [-0.2, 0) is 16.1 Å². The first-order valence-corrected chi connectivity index (χ1v) is 10.6. The van der Waals surface area contributed by atoms with E-state index in [1.807, 2.05) is 49.4 Å². The summed E-state index contributed by atoms with van der Waals surface area (Å²) in [6, 6.07) is 17.4. The number of hydrogen-bond acceptors (Lipinski definition) is 5. The molecule has 2 aliphatic rings. The predicted molar refractivity (Wildman–Crippen MR) is 113 cm³/mol. The molecular weight excluding hydrogens is 380 g/mol. The number of esters is 1. The molecule has 6 nitrogen and oxygen atoms in total. The maximum Gasteiger partial charge on any atom is 0.415 e. The van der Waals surface area contributed by atoms with Gasteiger partial charge in [-0.1, -0.05) is 48.5 Å². The molecule has 0 bridgehead atoms. The molecule has 1 amide bonds. The second-order valence-electron chi connectivity index (χ2n) is 7.87. The number of likely N-dealkylation sites (tertiary alicyclic amines) is 1. The Morgan fingerprint density at radius 2 is 1.90 bits per heavy atom. The third-order valence-corrected chi connectivity index (χ3v) is 6.14. The highest BCUT2D eigenvalue weighted by molar-refractivity contribution is 5.77. The molecule has 1 fully saturated rings. The molecule has 1 saturated heterocycles. The maximum absolute atomic E-state index is 12.9. The van der Waals surface area contributed by atoms with Gasteiger partial charge in [0, 0.05) is 24.2 Å². The Labute approximate surface area is 177 Å². The second kappa shape index (κ2) is 8.88. The van der Waals surface area contributed by atoms with Crippen LogP contribution in [0.1, 0.15) is 43.9 Å². The Balaban J connectivity index is 1.55. The molecule has 3 atom stereocenters. The van der Waals surface area contributed by atoms with Crippen LogP contribution in [0.3, 0.4) is 0 Å².